The van der Waals surface area contributed by atoms with Crippen molar-refractivity contribution in [2.75, 3.05) is 13.1 Å². The third-order valence-electron chi connectivity index (χ3n) is 2.24. The largest absolute Gasteiger partial charge is 0.444 e. The normalized spacial score (nSPS) is 21.4. The number of amides is 1. The van der Waals surface area contributed by atoms with Crippen LogP contribution in [0.4, 0.5) is 4.79 Å². The molecule has 1 saturated heterocycles. The minimum Gasteiger partial charge on any atom is -0.444 e. The lowest BCUT2D eigenvalue weighted by molar-refractivity contribution is 0.0473. The molecule has 0 unspecified atom stereocenters. The summed E-state index contributed by atoms with van der Waals surface area (Å²) in [5.74, 6) is 0. The van der Waals surface area contributed by atoms with E-state index in [-0.39, 0.29) is 6.04 Å². The third kappa shape index (κ3) is 4.46. The zero-order valence-electron chi connectivity index (χ0n) is 10.0. The van der Waals surface area contributed by atoms with E-state index in [1.165, 1.54) is 5.01 Å². The van der Waals surface area contributed by atoms with Gasteiger partial charge in [-0.25, -0.2) is 4.79 Å². The number of piperidine rings is 1. The van der Waals surface area contributed by atoms with Crippen LogP contribution in [0.3, 0.4) is 0 Å². The van der Waals surface area contributed by atoms with Gasteiger partial charge in [0.15, 0.2) is 0 Å². The zero-order valence-corrected chi connectivity index (χ0v) is 10.0. The SMILES string of the molecule is CC(C)(C)OC(=O)N[C@@H]1CCCN(N=O)C1. The Hall–Kier alpha value is -1.33. The van der Waals surface area contributed by atoms with Gasteiger partial charge in [0.25, 0.3) is 0 Å². The molecule has 1 aliphatic heterocycles. The molecule has 0 aromatic rings. The molecule has 6 nitrogen and oxygen atoms in total. The van der Waals surface area contributed by atoms with Crippen LogP contribution in [0, 0.1) is 4.91 Å². The molecule has 1 N–H and O–H groups in total. The predicted molar refractivity (Wildman–Crippen MR) is 59.8 cm³/mol. The lowest BCUT2D eigenvalue weighted by Crippen LogP contribution is -2.47. The van der Waals surface area contributed by atoms with Gasteiger partial charge in [0.2, 0.25) is 0 Å². The van der Waals surface area contributed by atoms with Crippen LogP contribution in [0.25, 0.3) is 0 Å². The van der Waals surface area contributed by atoms with E-state index >= 15 is 0 Å². The van der Waals surface area contributed by atoms with Gasteiger partial charge < -0.3 is 10.1 Å². The summed E-state index contributed by atoms with van der Waals surface area (Å²) in [7, 11) is 0. The van der Waals surface area contributed by atoms with Crippen molar-refractivity contribution in [2.45, 2.75) is 45.3 Å². The molecule has 1 aliphatic rings. The first kappa shape index (κ1) is 12.7. The van der Waals surface area contributed by atoms with Gasteiger partial charge in [-0.05, 0) is 33.6 Å². The Morgan fingerprint density at radius 3 is 2.75 bits per heavy atom. The molecule has 1 amide bonds. The monoisotopic (exact) mass is 229 g/mol. The molecule has 0 saturated carbocycles. The first-order valence-electron chi connectivity index (χ1n) is 5.48. The molecule has 0 radical (unpaired) electrons. The molecular weight excluding hydrogens is 210 g/mol. The number of carbonyl (C=O) groups excluding carboxylic acids is 1. The topological polar surface area (TPSA) is 71.0 Å². The summed E-state index contributed by atoms with van der Waals surface area (Å²) in [5, 5.41) is 7.03. The zero-order chi connectivity index (χ0) is 12.2. The highest BCUT2D eigenvalue weighted by atomic mass is 16.6. The van der Waals surface area contributed by atoms with Crippen molar-refractivity contribution in [1.82, 2.24) is 10.3 Å². The number of hydrogen-bond acceptors (Lipinski definition) is 4. The maximum Gasteiger partial charge on any atom is 0.407 e. The molecule has 0 bridgehead atoms. The van der Waals surface area contributed by atoms with E-state index in [4.69, 9.17) is 4.74 Å². The second kappa shape index (κ2) is 5.14. The Kier molecular flexibility index (Phi) is 4.09. The van der Waals surface area contributed by atoms with E-state index in [0.29, 0.717) is 13.1 Å². The Balaban J connectivity index is 2.36. The van der Waals surface area contributed by atoms with Gasteiger partial charge >= 0.3 is 6.09 Å². The molecule has 1 fully saturated rings. The van der Waals surface area contributed by atoms with Crippen LogP contribution in [0.15, 0.2) is 5.29 Å². The summed E-state index contributed by atoms with van der Waals surface area (Å²) in [6.45, 7) is 6.56. The lowest BCUT2D eigenvalue weighted by Gasteiger charge is -2.29. The molecular formula is C10H19N3O3. The highest BCUT2D eigenvalue weighted by Gasteiger charge is 2.23. The highest BCUT2D eigenvalue weighted by Crippen LogP contribution is 2.12. The van der Waals surface area contributed by atoms with Crippen molar-refractivity contribution in [3.63, 3.8) is 0 Å². The first-order chi connectivity index (χ1) is 7.40. The van der Waals surface area contributed by atoms with Crippen LogP contribution < -0.4 is 5.32 Å². The van der Waals surface area contributed by atoms with Crippen LogP contribution in [0.5, 0.6) is 0 Å². The van der Waals surface area contributed by atoms with E-state index in [0.717, 1.165) is 12.8 Å². The maximum atomic E-state index is 11.5. The number of hydrogen-bond donors (Lipinski definition) is 1. The van der Waals surface area contributed by atoms with Gasteiger partial charge in [-0.2, -0.15) is 0 Å². The van der Waals surface area contributed by atoms with Gasteiger partial charge in [-0.3, -0.25) is 5.01 Å². The summed E-state index contributed by atoms with van der Waals surface area (Å²) in [4.78, 5) is 21.8. The van der Waals surface area contributed by atoms with Gasteiger partial charge in [0.05, 0.1) is 17.9 Å². The van der Waals surface area contributed by atoms with Crippen molar-refractivity contribution < 1.29 is 9.53 Å². The smallest absolute Gasteiger partial charge is 0.407 e. The molecule has 1 rings (SSSR count). The Bertz CT molecular complexity index is 263. The third-order valence-corrected chi connectivity index (χ3v) is 2.24. The Morgan fingerprint density at radius 2 is 2.19 bits per heavy atom. The maximum absolute atomic E-state index is 11.5. The van der Waals surface area contributed by atoms with E-state index in [2.05, 4.69) is 10.6 Å². The van der Waals surface area contributed by atoms with Gasteiger partial charge in [-0.15, -0.1) is 4.91 Å². The van der Waals surface area contributed by atoms with E-state index in [9.17, 15) is 9.70 Å². The number of alkyl carbamates (subject to hydrolysis) is 1. The average Bonchev–Trinajstić information content (AvgIpc) is 2.15. The second-order valence-corrected chi connectivity index (χ2v) is 4.98. The van der Waals surface area contributed by atoms with E-state index < -0.39 is 11.7 Å². The fourth-order valence-electron chi connectivity index (χ4n) is 1.62. The van der Waals surface area contributed by atoms with E-state index in [1.807, 2.05) is 20.8 Å². The molecule has 0 aliphatic carbocycles. The van der Waals surface area contributed by atoms with Crippen LogP contribution in [0.1, 0.15) is 33.6 Å². The molecule has 1 heterocycles. The summed E-state index contributed by atoms with van der Waals surface area (Å²) in [6.07, 6.45) is 1.27. The standard InChI is InChI=1S/C10H19N3O3/c1-10(2,3)16-9(14)11-8-5-4-6-13(7-8)12-15/h8H,4-7H2,1-3H3,(H,11,14)/t8-/m1/s1. The van der Waals surface area contributed by atoms with Crippen molar-refractivity contribution in [2.24, 2.45) is 5.29 Å². The molecule has 92 valence electrons. The second-order valence-electron chi connectivity index (χ2n) is 4.98. The van der Waals surface area contributed by atoms with Crippen LogP contribution >= 0.6 is 0 Å². The van der Waals surface area contributed by atoms with Crippen molar-refractivity contribution in [3.05, 3.63) is 4.91 Å². The summed E-state index contributed by atoms with van der Waals surface area (Å²) < 4.78 is 5.13. The number of nitrogens with one attached hydrogen (secondary N) is 1. The summed E-state index contributed by atoms with van der Waals surface area (Å²) in [5.41, 5.74) is -0.499. The number of ether oxygens (including phenoxy) is 1. The van der Waals surface area contributed by atoms with Gasteiger partial charge in [0.1, 0.15) is 5.60 Å². The van der Waals surface area contributed by atoms with E-state index in [1.54, 1.807) is 0 Å². The number of nitroso groups, excluding NO2 is 1. The van der Waals surface area contributed by atoms with Crippen LogP contribution in [-0.4, -0.2) is 35.8 Å². The molecule has 16 heavy (non-hydrogen) atoms. The Labute approximate surface area is 95.3 Å². The number of rotatable bonds is 2. The summed E-state index contributed by atoms with van der Waals surface area (Å²) >= 11 is 0. The van der Waals surface area contributed by atoms with Crippen LogP contribution in [0.2, 0.25) is 0 Å². The highest BCUT2D eigenvalue weighted by molar-refractivity contribution is 5.68. The minimum atomic E-state index is -0.499. The number of nitrogens with zero attached hydrogens (tertiary/aromatic N) is 2. The Morgan fingerprint density at radius 1 is 1.50 bits per heavy atom. The van der Waals surface area contributed by atoms with Gasteiger partial charge in [0, 0.05) is 6.54 Å². The van der Waals surface area contributed by atoms with Crippen molar-refractivity contribution in [3.8, 4) is 0 Å². The molecule has 0 spiro atoms. The number of carbonyl (C=O) groups is 1. The molecule has 0 aromatic heterocycles. The molecule has 0 aromatic carbocycles. The quantitative estimate of drug-likeness (QED) is 0.731. The van der Waals surface area contributed by atoms with Crippen molar-refractivity contribution in [1.29, 1.82) is 0 Å². The fraction of sp³-hybridized carbons (Fsp3) is 0.900. The average molecular weight is 229 g/mol. The van der Waals surface area contributed by atoms with Gasteiger partial charge in [-0.1, -0.05) is 0 Å². The molecule has 1 atom stereocenters. The minimum absolute atomic E-state index is 0.0544. The molecule has 6 heteroatoms. The van der Waals surface area contributed by atoms with Crippen molar-refractivity contribution >= 4 is 6.09 Å². The first-order valence-corrected chi connectivity index (χ1v) is 5.48. The predicted octanol–water partition coefficient (Wildman–Crippen LogP) is 1.66. The van der Waals surface area contributed by atoms with Crippen LogP contribution in [-0.2, 0) is 4.74 Å². The lowest BCUT2D eigenvalue weighted by atomic mass is 10.1. The fourth-order valence-corrected chi connectivity index (χ4v) is 1.62. The summed E-state index contributed by atoms with van der Waals surface area (Å²) in [6, 6.07) is -0.0544.